The summed E-state index contributed by atoms with van der Waals surface area (Å²) in [5, 5.41) is 3.32. The number of hydrogen-bond donors (Lipinski definition) is 1. The quantitative estimate of drug-likeness (QED) is 0.926. The van der Waals surface area contributed by atoms with Crippen LogP contribution in [0.15, 0.2) is 36.5 Å². The Kier molecular flexibility index (Phi) is 4.23. The first-order valence-electron chi connectivity index (χ1n) is 6.70. The van der Waals surface area contributed by atoms with Crippen LogP contribution < -0.4 is 10.1 Å². The number of anilines is 1. The summed E-state index contributed by atoms with van der Waals surface area (Å²) >= 11 is 0. The van der Waals surface area contributed by atoms with Crippen LogP contribution in [0, 0.1) is 0 Å². The summed E-state index contributed by atoms with van der Waals surface area (Å²) in [6, 6.07) is 9.84. The van der Waals surface area contributed by atoms with Gasteiger partial charge in [-0.1, -0.05) is 39.0 Å². The van der Waals surface area contributed by atoms with Crippen LogP contribution >= 0.6 is 0 Å². The first-order valence-corrected chi connectivity index (χ1v) is 6.70. The summed E-state index contributed by atoms with van der Waals surface area (Å²) < 4.78 is 5.34. The second-order valence-electron chi connectivity index (χ2n) is 5.68. The molecule has 1 N–H and O–H groups in total. The largest absolute Gasteiger partial charge is 0.496 e. The van der Waals surface area contributed by atoms with Crippen LogP contribution in [-0.2, 0) is 12.0 Å². The minimum Gasteiger partial charge on any atom is -0.496 e. The van der Waals surface area contributed by atoms with E-state index < -0.39 is 0 Å². The number of aromatic nitrogens is 2. The van der Waals surface area contributed by atoms with Crippen molar-refractivity contribution in [3.8, 4) is 5.75 Å². The zero-order chi connectivity index (χ0) is 14.6. The molecule has 0 radical (unpaired) electrons. The lowest BCUT2D eigenvalue weighted by Crippen LogP contribution is -2.16. The maximum absolute atomic E-state index is 5.34. The lowest BCUT2D eigenvalue weighted by Gasteiger charge is -2.17. The van der Waals surface area contributed by atoms with E-state index in [2.05, 4.69) is 36.1 Å². The fraction of sp³-hybridized carbons (Fsp3) is 0.375. The summed E-state index contributed by atoms with van der Waals surface area (Å²) in [6.45, 7) is 6.98. The minimum absolute atomic E-state index is 0.0534. The van der Waals surface area contributed by atoms with Gasteiger partial charge < -0.3 is 10.1 Å². The van der Waals surface area contributed by atoms with Gasteiger partial charge >= 0.3 is 0 Å². The fourth-order valence-corrected chi connectivity index (χ4v) is 1.85. The van der Waals surface area contributed by atoms with E-state index in [0.717, 1.165) is 23.0 Å². The molecule has 1 heterocycles. The van der Waals surface area contributed by atoms with Gasteiger partial charge in [-0.05, 0) is 12.1 Å². The van der Waals surface area contributed by atoms with Crippen LogP contribution in [0.5, 0.6) is 5.75 Å². The van der Waals surface area contributed by atoms with Crippen LogP contribution in [0.2, 0.25) is 0 Å². The minimum atomic E-state index is -0.0534. The van der Waals surface area contributed by atoms with Crippen molar-refractivity contribution in [1.82, 2.24) is 9.97 Å². The van der Waals surface area contributed by atoms with Crippen LogP contribution in [0.25, 0.3) is 0 Å². The third-order valence-electron chi connectivity index (χ3n) is 2.98. The highest BCUT2D eigenvalue weighted by molar-refractivity contribution is 5.39. The molecule has 0 aliphatic heterocycles. The van der Waals surface area contributed by atoms with Gasteiger partial charge in [-0.3, -0.25) is 0 Å². The molecule has 0 fully saturated rings. The third kappa shape index (κ3) is 3.47. The zero-order valence-corrected chi connectivity index (χ0v) is 12.5. The Hall–Kier alpha value is -2.10. The molecule has 0 saturated carbocycles. The summed E-state index contributed by atoms with van der Waals surface area (Å²) in [6.07, 6.45) is 1.79. The van der Waals surface area contributed by atoms with Gasteiger partial charge in [-0.25, -0.2) is 9.97 Å². The van der Waals surface area contributed by atoms with Crippen LogP contribution in [0.4, 0.5) is 5.82 Å². The molecule has 0 unspecified atom stereocenters. The van der Waals surface area contributed by atoms with Gasteiger partial charge in [-0.15, -0.1) is 0 Å². The van der Waals surface area contributed by atoms with Crippen molar-refractivity contribution in [2.45, 2.75) is 32.7 Å². The van der Waals surface area contributed by atoms with Gasteiger partial charge in [0.05, 0.1) is 7.11 Å². The molecule has 0 aliphatic rings. The first kappa shape index (κ1) is 14.3. The second-order valence-corrected chi connectivity index (χ2v) is 5.68. The van der Waals surface area contributed by atoms with Gasteiger partial charge in [0.1, 0.15) is 17.4 Å². The highest BCUT2D eigenvalue weighted by Gasteiger charge is 2.17. The van der Waals surface area contributed by atoms with E-state index >= 15 is 0 Å². The molecule has 4 nitrogen and oxygen atoms in total. The molecular formula is C16H21N3O. The lowest BCUT2D eigenvalue weighted by molar-refractivity contribution is 0.410. The van der Waals surface area contributed by atoms with Crippen LogP contribution in [0.1, 0.15) is 32.2 Å². The molecule has 106 valence electrons. The van der Waals surface area contributed by atoms with Crippen molar-refractivity contribution in [1.29, 1.82) is 0 Å². The Morgan fingerprint density at radius 3 is 2.60 bits per heavy atom. The first-order chi connectivity index (χ1) is 9.50. The van der Waals surface area contributed by atoms with Crippen molar-refractivity contribution in [2.75, 3.05) is 12.4 Å². The van der Waals surface area contributed by atoms with E-state index in [1.807, 2.05) is 30.3 Å². The number of rotatable bonds is 4. The normalized spacial score (nSPS) is 11.2. The fourth-order valence-electron chi connectivity index (χ4n) is 1.85. The summed E-state index contributed by atoms with van der Waals surface area (Å²) in [7, 11) is 1.68. The SMILES string of the molecule is COc1ccccc1CNc1ccnc(C(C)(C)C)n1. The van der Waals surface area contributed by atoms with Crippen LogP contribution in [0.3, 0.4) is 0 Å². The smallest absolute Gasteiger partial charge is 0.135 e. The third-order valence-corrected chi connectivity index (χ3v) is 2.98. The molecule has 0 aliphatic carbocycles. The van der Waals surface area contributed by atoms with Gasteiger partial charge in [0.2, 0.25) is 0 Å². The molecular weight excluding hydrogens is 250 g/mol. The Balaban J connectivity index is 2.11. The highest BCUT2D eigenvalue weighted by atomic mass is 16.5. The Morgan fingerprint density at radius 2 is 1.90 bits per heavy atom. The standard InChI is InChI=1S/C16H21N3O/c1-16(2,3)15-17-10-9-14(19-15)18-11-12-7-5-6-8-13(12)20-4/h5-10H,11H2,1-4H3,(H,17,18,19). The average Bonchev–Trinajstić information content (AvgIpc) is 2.45. The highest BCUT2D eigenvalue weighted by Crippen LogP contribution is 2.21. The topological polar surface area (TPSA) is 47.0 Å². The zero-order valence-electron chi connectivity index (χ0n) is 12.5. The van der Waals surface area contributed by atoms with Crippen molar-refractivity contribution in [3.63, 3.8) is 0 Å². The van der Waals surface area contributed by atoms with Crippen molar-refractivity contribution >= 4 is 5.82 Å². The van der Waals surface area contributed by atoms with Gasteiger partial charge in [0.25, 0.3) is 0 Å². The Morgan fingerprint density at radius 1 is 1.15 bits per heavy atom. The summed E-state index contributed by atoms with van der Waals surface area (Å²) in [5.41, 5.74) is 1.05. The van der Waals surface area contributed by atoms with E-state index in [0.29, 0.717) is 6.54 Å². The monoisotopic (exact) mass is 271 g/mol. The molecule has 0 saturated heterocycles. The number of para-hydroxylation sites is 1. The second kappa shape index (κ2) is 5.90. The lowest BCUT2D eigenvalue weighted by atomic mass is 9.96. The van der Waals surface area contributed by atoms with Crippen molar-refractivity contribution in [3.05, 3.63) is 47.9 Å². The molecule has 20 heavy (non-hydrogen) atoms. The molecule has 1 aromatic carbocycles. The van der Waals surface area contributed by atoms with E-state index in [1.54, 1.807) is 13.3 Å². The maximum Gasteiger partial charge on any atom is 0.135 e. The van der Waals surface area contributed by atoms with Crippen molar-refractivity contribution in [2.24, 2.45) is 0 Å². The van der Waals surface area contributed by atoms with Gasteiger partial charge in [-0.2, -0.15) is 0 Å². The van der Waals surface area contributed by atoms with E-state index in [4.69, 9.17) is 4.74 Å². The number of ether oxygens (including phenoxy) is 1. The summed E-state index contributed by atoms with van der Waals surface area (Å²) in [4.78, 5) is 8.88. The Labute approximate surface area is 120 Å². The molecule has 1 aromatic heterocycles. The molecule has 0 spiro atoms. The predicted octanol–water partition coefficient (Wildman–Crippen LogP) is 3.39. The van der Waals surface area contributed by atoms with E-state index in [-0.39, 0.29) is 5.41 Å². The summed E-state index contributed by atoms with van der Waals surface area (Å²) in [5.74, 6) is 2.54. The predicted molar refractivity (Wildman–Crippen MR) is 81.1 cm³/mol. The molecule has 0 amide bonds. The number of hydrogen-bond acceptors (Lipinski definition) is 4. The van der Waals surface area contributed by atoms with E-state index in [9.17, 15) is 0 Å². The van der Waals surface area contributed by atoms with Crippen LogP contribution in [-0.4, -0.2) is 17.1 Å². The number of benzene rings is 1. The number of methoxy groups -OCH3 is 1. The molecule has 4 heteroatoms. The van der Waals surface area contributed by atoms with Gasteiger partial charge in [0.15, 0.2) is 0 Å². The molecule has 0 bridgehead atoms. The van der Waals surface area contributed by atoms with Gasteiger partial charge in [0, 0.05) is 23.7 Å². The van der Waals surface area contributed by atoms with E-state index in [1.165, 1.54) is 0 Å². The van der Waals surface area contributed by atoms with Crippen molar-refractivity contribution < 1.29 is 4.74 Å². The molecule has 2 rings (SSSR count). The number of nitrogens with zero attached hydrogens (tertiary/aromatic N) is 2. The maximum atomic E-state index is 5.34. The molecule has 0 atom stereocenters. The number of nitrogens with one attached hydrogen (secondary N) is 1. The molecule has 2 aromatic rings. The average molecular weight is 271 g/mol. The Bertz CT molecular complexity index is 576.